The number of aromatic carboxylic acids is 1. The van der Waals surface area contributed by atoms with Gasteiger partial charge in [0.15, 0.2) is 0 Å². The van der Waals surface area contributed by atoms with E-state index in [2.05, 4.69) is 59.1 Å². The Hall–Kier alpha value is -2.71. The minimum absolute atomic E-state index is 0.0479. The smallest absolute Gasteiger partial charge is 0.345 e. The zero-order valence-corrected chi connectivity index (χ0v) is 32.9. The molecule has 1 aromatic heterocycles. The van der Waals surface area contributed by atoms with E-state index < -0.39 is 5.97 Å². The number of aliphatic hydroxyl groups is 1. The number of rotatable bonds is 10. The van der Waals surface area contributed by atoms with Gasteiger partial charge in [0.1, 0.15) is 4.88 Å². The Morgan fingerprint density at radius 1 is 0.882 bits per heavy atom. The fraction of sp³-hybridized carbons (Fsp3) is 0.698. The maximum atomic E-state index is 14.4. The molecule has 1 heterocycles. The number of hydrogen-bond donors (Lipinski definition) is 4. The highest BCUT2D eigenvalue weighted by molar-refractivity contribution is 7.13. The Kier molecular flexibility index (Phi) is 10.4. The zero-order chi connectivity index (χ0) is 37.0. The van der Waals surface area contributed by atoms with Crippen molar-refractivity contribution in [2.45, 2.75) is 132 Å². The standard InChI is InChI=1S/C43H62N2O5S/c1-8-19-43(38(50)44-24-18-28-10-9-11-29(25-28)36(47)45-26-30-12-14-32(51-30)37(48)49)23-22-41(6)31(27(43)2)13-15-34-40(5)20-17-35(46)39(3,4)33(40)16-21-42(34,41)7/h9-12,14,25,27,31,33-35,46H,8,13,15-24,26H2,1-7H3,(H,44,50)(H,45,47)(H,48,49)/t27?,31?,33?,34?,35?,40?,41-,42?,43?/m1/s1. The lowest BCUT2D eigenvalue weighted by Crippen LogP contribution is -2.67. The number of aliphatic hydroxyl groups excluding tert-OH is 1. The van der Waals surface area contributed by atoms with E-state index in [0.717, 1.165) is 60.3 Å². The largest absolute Gasteiger partial charge is 0.477 e. The molecule has 4 aliphatic carbocycles. The van der Waals surface area contributed by atoms with Crippen molar-refractivity contribution in [1.82, 2.24) is 10.6 Å². The molecule has 51 heavy (non-hydrogen) atoms. The number of carbonyl (C=O) groups is 3. The third-order valence-electron chi connectivity index (χ3n) is 15.8. The van der Waals surface area contributed by atoms with Gasteiger partial charge in [-0.3, -0.25) is 9.59 Å². The summed E-state index contributed by atoms with van der Waals surface area (Å²) in [6, 6.07) is 10.8. The number of amides is 2. The van der Waals surface area contributed by atoms with Gasteiger partial charge in [0.25, 0.3) is 5.91 Å². The summed E-state index contributed by atoms with van der Waals surface area (Å²) in [5.41, 5.74) is 1.79. The molecule has 6 rings (SSSR count). The average molecular weight is 719 g/mol. The molecular weight excluding hydrogens is 657 g/mol. The number of carboxylic acid groups (broad SMARTS) is 1. The molecule has 0 radical (unpaired) electrons. The van der Waals surface area contributed by atoms with E-state index in [1.807, 2.05) is 18.2 Å². The summed E-state index contributed by atoms with van der Waals surface area (Å²) in [7, 11) is 0. The van der Waals surface area contributed by atoms with Crippen molar-refractivity contribution in [1.29, 1.82) is 0 Å². The minimum atomic E-state index is -0.964. The molecule has 7 nitrogen and oxygen atoms in total. The third kappa shape index (κ3) is 6.28. The van der Waals surface area contributed by atoms with Crippen molar-refractivity contribution in [2.75, 3.05) is 6.54 Å². The summed E-state index contributed by atoms with van der Waals surface area (Å²) < 4.78 is 0. The average Bonchev–Trinajstić information content (AvgIpc) is 3.57. The molecule has 2 aromatic rings. The maximum Gasteiger partial charge on any atom is 0.345 e. The number of benzene rings is 1. The molecular formula is C43H62N2O5S. The fourth-order valence-corrected chi connectivity index (χ4v) is 13.6. The van der Waals surface area contributed by atoms with Gasteiger partial charge < -0.3 is 20.8 Å². The van der Waals surface area contributed by atoms with Crippen LogP contribution in [0.2, 0.25) is 0 Å². The van der Waals surface area contributed by atoms with Gasteiger partial charge in [-0.25, -0.2) is 4.79 Å². The van der Waals surface area contributed by atoms with Crippen molar-refractivity contribution in [3.05, 3.63) is 57.3 Å². The van der Waals surface area contributed by atoms with Gasteiger partial charge >= 0.3 is 5.97 Å². The highest BCUT2D eigenvalue weighted by Gasteiger charge is 2.69. The second-order valence-corrected chi connectivity index (χ2v) is 19.4. The Labute approximate surface area is 309 Å². The molecule has 9 atom stereocenters. The lowest BCUT2D eigenvalue weighted by atomic mass is 9.32. The van der Waals surface area contributed by atoms with Gasteiger partial charge in [0, 0.05) is 17.0 Å². The van der Waals surface area contributed by atoms with Crippen LogP contribution >= 0.6 is 11.3 Å². The molecule has 1 aromatic carbocycles. The number of carbonyl (C=O) groups excluding carboxylic acids is 2. The quantitative estimate of drug-likeness (QED) is 0.196. The molecule has 0 aliphatic heterocycles. The Bertz CT molecular complexity index is 1640. The summed E-state index contributed by atoms with van der Waals surface area (Å²) in [5, 5.41) is 26.5. The number of carboxylic acids is 1. The number of fused-ring (bicyclic) bond motifs is 5. The fourth-order valence-electron chi connectivity index (χ4n) is 12.8. The van der Waals surface area contributed by atoms with Crippen LogP contribution in [-0.2, 0) is 17.8 Å². The van der Waals surface area contributed by atoms with Crippen LogP contribution in [-0.4, -0.2) is 40.6 Å². The molecule has 4 N–H and O–H groups in total. The van der Waals surface area contributed by atoms with E-state index in [1.165, 1.54) is 25.7 Å². The van der Waals surface area contributed by atoms with Crippen molar-refractivity contribution >= 4 is 29.1 Å². The monoisotopic (exact) mass is 718 g/mol. The zero-order valence-electron chi connectivity index (χ0n) is 32.1. The van der Waals surface area contributed by atoms with Crippen LogP contribution in [0.15, 0.2) is 36.4 Å². The van der Waals surface area contributed by atoms with Crippen molar-refractivity contribution < 1.29 is 24.6 Å². The van der Waals surface area contributed by atoms with Gasteiger partial charge in [-0.15, -0.1) is 11.3 Å². The number of hydrogen-bond acceptors (Lipinski definition) is 5. The highest BCUT2D eigenvalue weighted by Crippen LogP contribution is 2.75. The van der Waals surface area contributed by atoms with Crippen LogP contribution in [0.3, 0.4) is 0 Å². The molecule has 4 aliphatic rings. The molecule has 0 bridgehead atoms. The second-order valence-electron chi connectivity index (χ2n) is 18.2. The predicted molar refractivity (Wildman–Crippen MR) is 204 cm³/mol. The van der Waals surface area contributed by atoms with Crippen LogP contribution in [0.25, 0.3) is 0 Å². The molecule has 8 heteroatoms. The van der Waals surface area contributed by atoms with Gasteiger partial charge in [-0.05, 0) is 139 Å². The summed E-state index contributed by atoms with van der Waals surface area (Å²) >= 11 is 1.16. The van der Waals surface area contributed by atoms with E-state index in [9.17, 15) is 24.6 Å². The summed E-state index contributed by atoms with van der Waals surface area (Å²) in [4.78, 5) is 39.6. The SMILES string of the molecule is CCCC1(C(=O)NCCc2cccc(C(=O)NCc3ccc(C(=O)O)s3)c2)CC[C@]2(C)C(CCC3C4(C)CCC(O)C(C)(C)C4CCC32C)C1C. The topological polar surface area (TPSA) is 116 Å². The first kappa shape index (κ1) is 38.0. The minimum Gasteiger partial charge on any atom is -0.477 e. The first-order valence-electron chi connectivity index (χ1n) is 19.7. The van der Waals surface area contributed by atoms with Gasteiger partial charge in [-0.1, -0.05) is 67.0 Å². The van der Waals surface area contributed by atoms with Crippen LogP contribution in [0, 0.1) is 50.7 Å². The van der Waals surface area contributed by atoms with Gasteiger partial charge in [0.05, 0.1) is 18.1 Å². The second kappa shape index (κ2) is 13.9. The number of nitrogens with one attached hydrogen (secondary N) is 2. The van der Waals surface area contributed by atoms with E-state index >= 15 is 0 Å². The molecule has 0 saturated heterocycles. The van der Waals surface area contributed by atoms with Crippen LogP contribution < -0.4 is 10.6 Å². The van der Waals surface area contributed by atoms with E-state index in [1.54, 1.807) is 18.2 Å². The van der Waals surface area contributed by atoms with Crippen molar-refractivity contribution in [3.8, 4) is 0 Å². The van der Waals surface area contributed by atoms with E-state index in [4.69, 9.17) is 0 Å². The summed E-state index contributed by atoms with van der Waals surface area (Å²) in [6.45, 7) is 17.8. The van der Waals surface area contributed by atoms with Gasteiger partial charge in [-0.2, -0.15) is 0 Å². The molecule has 4 fully saturated rings. The highest BCUT2D eigenvalue weighted by atomic mass is 32.1. The Balaban J connectivity index is 1.11. The lowest BCUT2D eigenvalue weighted by molar-refractivity contribution is -0.246. The molecule has 4 saturated carbocycles. The first-order valence-corrected chi connectivity index (χ1v) is 20.5. The molecule has 280 valence electrons. The van der Waals surface area contributed by atoms with E-state index in [0.29, 0.717) is 42.2 Å². The summed E-state index contributed by atoms with van der Waals surface area (Å²) in [6.07, 6.45) is 11.2. The van der Waals surface area contributed by atoms with Crippen molar-refractivity contribution in [3.63, 3.8) is 0 Å². The number of thiophene rings is 1. The normalized spacial score (nSPS) is 37.0. The van der Waals surface area contributed by atoms with Crippen LogP contribution in [0.5, 0.6) is 0 Å². The maximum absolute atomic E-state index is 14.4. The Morgan fingerprint density at radius 3 is 2.35 bits per heavy atom. The van der Waals surface area contributed by atoms with Gasteiger partial charge in [0.2, 0.25) is 5.91 Å². The third-order valence-corrected chi connectivity index (χ3v) is 16.9. The first-order chi connectivity index (χ1) is 24.0. The summed E-state index contributed by atoms with van der Waals surface area (Å²) in [5.74, 6) is 1.04. The molecule has 0 spiro atoms. The van der Waals surface area contributed by atoms with E-state index in [-0.39, 0.29) is 56.4 Å². The molecule has 2 amide bonds. The Morgan fingerprint density at radius 2 is 1.65 bits per heavy atom. The predicted octanol–water partition coefficient (Wildman–Crippen LogP) is 8.89. The van der Waals surface area contributed by atoms with Crippen molar-refractivity contribution in [2.24, 2.45) is 50.7 Å². The van der Waals surface area contributed by atoms with Crippen LogP contribution in [0.4, 0.5) is 0 Å². The van der Waals surface area contributed by atoms with Crippen LogP contribution in [0.1, 0.15) is 143 Å². The molecule has 8 unspecified atom stereocenters. The lowest BCUT2D eigenvalue weighted by Gasteiger charge is -2.72.